The van der Waals surface area contributed by atoms with Gasteiger partial charge in [0.1, 0.15) is 0 Å². The molecule has 1 aliphatic rings. The van der Waals surface area contributed by atoms with Crippen molar-refractivity contribution in [1.29, 1.82) is 0 Å². The molecule has 0 radical (unpaired) electrons. The summed E-state index contributed by atoms with van der Waals surface area (Å²) in [6, 6.07) is 8.99. The first-order valence-electron chi connectivity index (χ1n) is 6.66. The van der Waals surface area contributed by atoms with E-state index in [1.54, 1.807) is 13.3 Å². The van der Waals surface area contributed by atoms with Crippen LogP contribution in [0, 0.1) is 0 Å². The summed E-state index contributed by atoms with van der Waals surface area (Å²) in [5.74, 6) is 1.17. The number of hydrogen-bond acceptors (Lipinski definition) is 4. The van der Waals surface area contributed by atoms with Crippen LogP contribution in [0.2, 0.25) is 0 Å². The van der Waals surface area contributed by atoms with E-state index in [9.17, 15) is 0 Å². The number of nitrogens with one attached hydrogen (secondary N) is 1. The van der Waals surface area contributed by atoms with Crippen molar-refractivity contribution in [3.05, 3.63) is 46.1 Å². The van der Waals surface area contributed by atoms with Crippen LogP contribution in [-0.2, 0) is 12.8 Å². The molecule has 0 bridgehead atoms. The predicted octanol–water partition coefficient (Wildman–Crippen LogP) is 3.22. The molecule has 3 rings (SSSR count). The van der Waals surface area contributed by atoms with E-state index in [2.05, 4.69) is 55.5 Å². The lowest BCUT2D eigenvalue weighted by molar-refractivity contribution is 0.394. The zero-order valence-electron chi connectivity index (χ0n) is 11.3. The van der Waals surface area contributed by atoms with Gasteiger partial charge in [-0.15, -0.1) is 0 Å². The van der Waals surface area contributed by atoms with E-state index in [1.807, 2.05) is 0 Å². The van der Waals surface area contributed by atoms with Gasteiger partial charge in [-0.3, -0.25) is 0 Å². The van der Waals surface area contributed by atoms with Gasteiger partial charge in [0.05, 0.1) is 17.8 Å². The third kappa shape index (κ3) is 2.77. The molecule has 0 saturated carbocycles. The lowest BCUT2D eigenvalue weighted by Gasteiger charge is -2.25. The second-order valence-electron chi connectivity index (χ2n) is 4.90. The van der Waals surface area contributed by atoms with E-state index in [-0.39, 0.29) is 0 Å². The molecular formula is C15H16BrN3O. The Morgan fingerprint density at radius 3 is 2.90 bits per heavy atom. The minimum absolute atomic E-state index is 0.371. The third-order valence-electron chi connectivity index (χ3n) is 3.59. The molecule has 20 heavy (non-hydrogen) atoms. The number of benzene rings is 1. The van der Waals surface area contributed by atoms with Crippen LogP contribution in [0.25, 0.3) is 0 Å². The number of methoxy groups -OCH3 is 1. The quantitative estimate of drug-likeness (QED) is 0.936. The molecule has 1 atom stereocenters. The van der Waals surface area contributed by atoms with Crippen LogP contribution in [0.3, 0.4) is 0 Å². The van der Waals surface area contributed by atoms with E-state index in [0.29, 0.717) is 17.9 Å². The maximum Gasteiger partial charge on any atom is 0.232 e. The molecule has 1 aliphatic carbocycles. The predicted molar refractivity (Wildman–Crippen MR) is 82.2 cm³/mol. The molecule has 5 heteroatoms. The van der Waals surface area contributed by atoms with Gasteiger partial charge >= 0.3 is 0 Å². The van der Waals surface area contributed by atoms with Gasteiger partial charge in [0, 0.05) is 6.04 Å². The maximum absolute atomic E-state index is 5.19. The first-order chi connectivity index (χ1) is 9.76. The van der Waals surface area contributed by atoms with Crippen LogP contribution in [0.15, 0.2) is 34.9 Å². The fourth-order valence-corrected chi connectivity index (χ4v) is 2.92. The molecule has 104 valence electrons. The number of ether oxygens (including phenoxy) is 1. The summed E-state index contributed by atoms with van der Waals surface area (Å²) < 4.78 is 5.96. The molecule has 1 aromatic heterocycles. The fraction of sp³-hybridized carbons (Fsp3) is 0.333. The third-order valence-corrected chi connectivity index (χ3v) is 4.13. The Bertz CT molecular complexity index is 618. The molecule has 2 aromatic rings. The Morgan fingerprint density at radius 2 is 2.10 bits per heavy atom. The topological polar surface area (TPSA) is 47.0 Å². The van der Waals surface area contributed by atoms with Crippen molar-refractivity contribution in [2.75, 3.05) is 12.4 Å². The van der Waals surface area contributed by atoms with Crippen molar-refractivity contribution >= 4 is 21.9 Å². The van der Waals surface area contributed by atoms with E-state index in [4.69, 9.17) is 4.74 Å². The van der Waals surface area contributed by atoms with Crippen molar-refractivity contribution < 1.29 is 4.74 Å². The first kappa shape index (κ1) is 13.4. The van der Waals surface area contributed by atoms with E-state index >= 15 is 0 Å². The van der Waals surface area contributed by atoms with Crippen molar-refractivity contribution in [1.82, 2.24) is 9.97 Å². The zero-order valence-corrected chi connectivity index (χ0v) is 12.9. The Hall–Kier alpha value is -1.62. The minimum Gasteiger partial charge on any atom is -0.480 e. The lowest BCUT2D eigenvalue weighted by atomic mass is 9.88. The number of rotatable bonds is 3. The van der Waals surface area contributed by atoms with Gasteiger partial charge in [-0.2, -0.15) is 4.98 Å². The van der Waals surface area contributed by atoms with Gasteiger partial charge in [-0.25, -0.2) is 4.98 Å². The monoisotopic (exact) mass is 333 g/mol. The van der Waals surface area contributed by atoms with Gasteiger partial charge in [0.15, 0.2) is 0 Å². The Labute approximate surface area is 126 Å². The summed E-state index contributed by atoms with van der Waals surface area (Å²) in [5, 5.41) is 3.40. The molecule has 1 N–H and O–H groups in total. The van der Waals surface area contributed by atoms with Gasteiger partial charge in [-0.05, 0) is 46.3 Å². The second kappa shape index (κ2) is 5.79. The van der Waals surface area contributed by atoms with Gasteiger partial charge in [-0.1, -0.05) is 24.3 Å². The number of halogens is 1. The molecule has 0 amide bonds. The van der Waals surface area contributed by atoms with Gasteiger partial charge < -0.3 is 10.1 Å². The molecule has 0 saturated heterocycles. The number of aromatic nitrogens is 2. The van der Waals surface area contributed by atoms with E-state index in [0.717, 1.165) is 23.7 Å². The normalized spacial score (nSPS) is 17.4. The average Bonchev–Trinajstić information content (AvgIpc) is 2.49. The van der Waals surface area contributed by atoms with E-state index in [1.165, 1.54) is 11.1 Å². The second-order valence-corrected chi connectivity index (χ2v) is 5.76. The Kier molecular flexibility index (Phi) is 3.87. The number of nitrogens with zero attached hydrogens (tertiary/aromatic N) is 2. The standard InChI is InChI=1S/C15H16BrN3O/c1-20-14-13(16)9-17-15(19-14)18-12-7-6-10-4-2-3-5-11(10)8-12/h2-5,9,12H,6-8H2,1H3,(H,17,18,19). The van der Waals surface area contributed by atoms with Crippen LogP contribution in [0.5, 0.6) is 5.88 Å². The largest absolute Gasteiger partial charge is 0.480 e. The van der Waals surface area contributed by atoms with Gasteiger partial charge in [0.25, 0.3) is 0 Å². The highest BCUT2D eigenvalue weighted by molar-refractivity contribution is 9.10. The summed E-state index contributed by atoms with van der Waals surface area (Å²) in [5.41, 5.74) is 2.88. The smallest absolute Gasteiger partial charge is 0.232 e. The zero-order chi connectivity index (χ0) is 13.9. The van der Waals surface area contributed by atoms with Gasteiger partial charge in [0.2, 0.25) is 11.8 Å². The van der Waals surface area contributed by atoms with Crippen LogP contribution in [0.4, 0.5) is 5.95 Å². The molecular weight excluding hydrogens is 318 g/mol. The van der Waals surface area contributed by atoms with Crippen molar-refractivity contribution in [2.45, 2.75) is 25.3 Å². The SMILES string of the molecule is COc1nc(NC2CCc3ccccc3C2)ncc1Br. The summed E-state index contributed by atoms with van der Waals surface area (Å²) in [4.78, 5) is 8.64. The Balaban J connectivity index is 1.73. The lowest BCUT2D eigenvalue weighted by Crippen LogP contribution is -2.28. The van der Waals surface area contributed by atoms with Crippen LogP contribution in [0.1, 0.15) is 17.5 Å². The summed E-state index contributed by atoms with van der Waals surface area (Å²) in [6.07, 6.45) is 4.92. The van der Waals surface area contributed by atoms with Crippen LogP contribution < -0.4 is 10.1 Å². The van der Waals surface area contributed by atoms with Crippen LogP contribution in [-0.4, -0.2) is 23.1 Å². The highest BCUT2D eigenvalue weighted by Gasteiger charge is 2.19. The molecule has 1 unspecified atom stereocenters. The molecule has 0 spiro atoms. The highest BCUT2D eigenvalue weighted by Crippen LogP contribution is 2.25. The molecule has 0 aliphatic heterocycles. The molecule has 1 aromatic carbocycles. The maximum atomic E-state index is 5.19. The van der Waals surface area contributed by atoms with Crippen LogP contribution >= 0.6 is 15.9 Å². The van der Waals surface area contributed by atoms with Crippen molar-refractivity contribution in [3.63, 3.8) is 0 Å². The fourth-order valence-electron chi connectivity index (χ4n) is 2.57. The minimum atomic E-state index is 0.371. The number of hydrogen-bond donors (Lipinski definition) is 1. The molecule has 1 heterocycles. The van der Waals surface area contributed by atoms with E-state index < -0.39 is 0 Å². The number of fused-ring (bicyclic) bond motifs is 1. The average molecular weight is 334 g/mol. The van der Waals surface area contributed by atoms with Crippen molar-refractivity contribution in [3.8, 4) is 5.88 Å². The first-order valence-corrected chi connectivity index (χ1v) is 7.45. The molecule has 4 nitrogen and oxygen atoms in total. The number of aryl methyl sites for hydroxylation is 1. The molecule has 0 fully saturated rings. The highest BCUT2D eigenvalue weighted by atomic mass is 79.9. The summed E-state index contributed by atoms with van der Waals surface area (Å²) in [6.45, 7) is 0. The summed E-state index contributed by atoms with van der Waals surface area (Å²) in [7, 11) is 1.60. The Morgan fingerprint density at radius 1 is 1.30 bits per heavy atom. The van der Waals surface area contributed by atoms with Crippen molar-refractivity contribution in [2.24, 2.45) is 0 Å². The number of anilines is 1. The summed E-state index contributed by atoms with van der Waals surface area (Å²) >= 11 is 3.36.